The Balaban J connectivity index is 0.00000656. The summed E-state index contributed by atoms with van der Waals surface area (Å²) in [5, 5.41) is 37.5. The van der Waals surface area contributed by atoms with Crippen LogP contribution in [0.25, 0.3) is 10.8 Å². The first-order valence-electron chi connectivity index (χ1n) is 19.8. The zero-order valence-corrected chi connectivity index (χ0v) is 59.0. The van der Waals surface area contributed by atoms with Crippen LogP contribution in [0.2, 0.25) is 0 Å². The van der Waals surface area contributed by atoms with Crippen LogP contribution in [0.5, 0.6) is 11.8 Å². The van der Waals surface area contributed by atoms with Gasteiger partial charge in [-0.2, -0.15) is 15.0 Å². The molecule has 0 saturated heterocycles. The molecule has 0 fully saturated rings. The number of nitrogens with zero attached hydrogens (tertiary/aromatic N) is 8. The number of phenols is 1. The molecule has 0 unspecified atom stereocenters. The van der Waals surface area contributed by atoms with Crippen molar-refractivity contribution in [3.8, 4) is 11.8 Å². The number of sulfone groups is 2. The Bertz CT molecular complexity index is 4280. The number of hydrogen-bond acceptors (Lipinski definition) is 32. The van der Waals surface area contributed by atoms with Gasteiger partial charge in [-0.05, 0) is 66.0 Å². The van der Waals surface area contributed by atoms with Crippen molar-refractivity contribution in [1.29, 1.82) is 0 Å². The molecule has 406 valence electrons. The molecular formula is C37H29KN10Na4O22S7. The maximum Gasteiger partial charge on any atom is 1.00 e. The van der Waals surface area contributed by atoms with Crippen molar-refractivity contribution in [2.24, 2.45) is 20.5 Å². The Morgan fingerprint density at radius 1 is 0.630 bits per heavy atom. The van der Waals surface area contributed by atoms with E-state index in [1.165, 1.54) is 4.90 Å². The van der Waals surface area contributed by atoms with Gasteiger partial charge in [-0.15, -0.1) is 20.5 Å². The summed E-state index contributed by atoms with van der Waals surface area (Å²) in [4.78, 5) is 6.32. The molecule has 5 N–H and O–H groups in total. The number of hydrogen-bond donors (Lipinski definition) is 4. The second-order valence-corrected chi connectivity index (χ2v) is 25.4. The number of phenolic OH excluding ortho intramolecular Hbond substituents is 1. The number of azo groups is 2. The molecule has 0 atom stereocenters. The van der Waals surface area contributed by atoms with Gasteiger partial charge in [0.1, 0.15) is 63.2 Å². The zero-order valence-electron chi connectivity index (χ0n) is 42.2. The van der Waals surface area contributed by atoms with Gasteiger partial charge in [-0.25, -0.2) is 58.9 Å². The number of anilines is 5. The number of aromatic nitrogens is 3. The number of fused-ring (bicyclic) bond motifs is 1. The zero-order chi connectivity index (χ0) is 56.6. The molecule has 0 aliphatic carbocycles. The van der Waals surface area contributed by atoms with E-state index in [2.05, 4.69) is 51.5 Å². The Kier molecular flexibility index (Phi) is 29.0. The van der Waals surface area contributed by atoms with Gasteiger partial charge in [0.2, 0.25) is 22.3 Å². The number of para-hydroxylation sites is 1. The molecule has 1 heterocycles. The van der Waals surface area contributed by atoms with Gasteiger partial charge in [0.05, 0.1) is 53.7 Å². The summed E-state index contributed by atoms with van der Waals surface area (Å²) >= 11 is 0. The minimum Gasteiger partial charge on any atom is -0.744 e. The Morgan fingerprint density at radius 2 is 1.17 bits per heavy atom. The standard InChI is InChI=1S/C37H34N10O22S7.K.4Na/c1-2-70(50,51)14-12-47(22-6-4-3-5-7-22)36-40-35(41-37(49)42-36)39-21-8-11-26(72(54,55)56)25(18-21)44-46-33-29(75(63,64)65)17-20-16-28(74(60,61)62)32(31(38)30(20)34(33)48)45-43-24-10-9-23(19-27(24)73(57,58)59)71(52,53)15-13-69-76(66,67)68;;;;;/h2-11,16-19,48H,1,12-15,38H2,(H,54,55,56)(H,57,58,59)(H,60,61,62)(H,63,64,65)(H,66,67,68)(H2,39,40,41,42,49);;;;;/q;5*+1/p-5. The molecule has 81 heavy (non-hydrogen) atoms. The van der Waals surface area contributed by atoms with Crippen molar-refractivity contribution in [2.75, 3.05) is 40.6 Å². The summed E-state index contributed by atoms with van der Waals surface area (Å²) in [5.74, 6) is -4.13. The maximum atomic E-state index is 12.7. The SMILES string of the molecule is C=CS(=O)(=O)CCN(c1ccccc1)c1nc(O)nc(Nc2ccc(S(=O)(=O)[O-])c(N=Nc3c(S(=O)(=O)[O-])cc4cc(S(=O)(=O)[O-])c(N=Nc5ccc(S(=O)(=O)CCOS(=O)(=O)[O-])cc5S(=O)(=O)[O-])c(N)c4c3O)c2)n1.[K+].[Na+].[Na+].[Na+].[Na+]. The van der Waals surface area contributed by atoms with E-state index >= 15 is 0 Å². The number of benzene rings is 5. The molecule has 6 aromatic rings. The van der Waals surface area contributed by atoms with Crippen molar-refractivity contribution in [2.45, 2.75) is 24.5 Å². The smallest absolute Gasteiger partial charge is 0.744 e. The van der Waals surface area contributed by atoms with E-state index in [0.29, 0.717) is 36.0 Å². The van der Waals surface area contributed by atoms with Crippen molar-refractivity contribution >= 4 is 133 Å². The number of aromatic hydroxyl groups is 2. The molecule has 0 aliphatic heterocycles. The first-order valence-corrected chi connectivity index (χ1v) is 30.1. The van der Waals surface area contributed by atoms with Crippen LogP contribution in [-0.4, -0.2) is 132 Å². The summed E-state index contributed by atoms with van der Waals surface area (Å²) < 4.78 is 236. The molecule has 0 radical (unpaired) electrons. The van der Waals surface area contributed by atoms with Gasteiger partial charge in [0.15, 0.2) is 25.4 Å². The monoisotopic (exact) mass is 1320 g/mol. The van der Waals surface area contributed by atoms with Crippen LogP contribution >= 0.6 is 0 Å². The van der Waals surface area contributed by atoms with Gasteiger partial charge in [0, 0.05) is 23.3 Å². The minimum absolute atomic E-state index is 0. The largest absolute Gasteiger partial charge is 1.00 e. The molecule has 0 aliphatic rings. The molecule has 32 nitrogen and oxygen atoms in total. The number of rotatable bonds is 21. The number of nitrogen functional groups attached to an aromatic ring is 1. The number of nitrogens with two attached hydrogens (primary N) is 1. The van der Waals surface area contributed by atoms with E-state index in [1.54, 1.807) is 30.3 Å². The van der Waals surface area contributed by atoms with Gasteiger partial charge in [0.25, 0.3) is 0 Å². The molecule has 44 heteroatoms. The molecular weight excluding hydrogens is 1290 g/mol. The van der Waals surface area contributed by atoms with Crippen molar-refractivity contribution in [1.82, 2.24) is 15.0 Å². The van der Waals surface area contributed by atoms with E-state index in [-0.39, 0.29) is 194 Å². The van der Waals surface area contributed by atoms with Crippen molar-refractivity contribution in [3.63, 3.8) is 0 Å². The predicted octanol–water partition coefficient (Wildman–Crippen LogP) is -12.8. The third-order valence-electron chi connectivity index (χ3n) is 9.77. The quantitative estimate of drug-likeness (QED) is 0.0171. The van der Waals surface area contributed by atoms with E-state index in [0.717, 1.165) is 17.5 Å². The van der Waals surface area contributed by atoms with Gasteiger partial charge < -0.3 is 48.9 Å². The van der Waals surface area contributed by atoms with Crippen molar-refractivity contribution < 1.29 is 266 Å². The fraction of sp³-hybridized carbons (Fsp3) is 0.108. The Hall–Kier alpha value is -1.64. The van der Waals surface area contributed by atoms with Gasteiger partial charge >= 0.3 is 176 Å². The normalized spacial score (nSPS) is 12.3. The summed E-state index contributed by atoms with van der Waals surface area (Å²) in [6.07, 6.45) is 0. The minimum atomic E-state index is -5.88. The summed E-state index contributed by atoms with van der Waals surface area (Å²) in [7, 11) is -37.0. The average molecular weight is 1320 g/mol. The van der Waals surface area contributed by atoms with Crippen LogP contribution in [0.3, 0.4) is 0 Å². The molecule has 0 amide bonds. The van der Waals surface area contributed by atoms with Gasteiger partial charge in [-0.3, -0.25) is 4.18 Å². The predicted molar refractivity (Wildman–Crippen MR) is 253 cm³/mol. The third-order valence-corrected chi connectivity index (χ3v) is 16.6. The molecule has 1 aromatic heterocycles. The van der Waals surface area contributed by atoms with Crippen LogP contribution in [0.15, 0.2) is 136 Å². The van der Waals surface area contributed by atoms with Crippen molar-refractivity contribution in [3.05, 3.63) is 90.8 Å². The summed E-state index contributed by atoms with van der Waals surface area (Å²) in [5.41, 5.74) is 0.292. The fourth-order valence-corrected chi connectivity index (χ4v) is 11.1. The average Bonchev–Trinajstić information content (AvgIpc) is 3.29. The van der Waals surface area contributed by atoms with E-state index in [9.17, 15) is 91.9 Å². The second kappa shape index (κ2) is 30.3. The topological polar surface area (TPSA) is 533 Å². The third kappa shape index (κ3) is 20.5. The fourth-order valence-electron chi connectivity index (χ4n) is 6.43. The molecule has 6 rings (SSSR count). The first-order chi connectivity index (χ1) is 35.0. The van der Waals surface area contributed by atoms with Crippen LogP contribution in [0, 0.1) is 0 Å². The first kappa shape index (κ1) is 77.4. The van der Waals surface area contributed by atoms with E-state index in [1.807, 2.05) is 0 Å². The number of nitrogens with one attached hydrogen (secondary N) is 1. The van der Waals surface area contributed by atoms with Crippen LogP contribution in [0.1, 0.15) is 0 Å². The molecule has 0 saturated carbocycles. The van der Waals surface area contributed by atoms with E-state index < -0.39 is 170 Å². The summed E-state index contributed by atoms with van der Waals surface area (Å²) in [6, 6.07) is 11.2. The molecule has 5 aromatic carbocycles. The molecule has 0 spiro atoms. The molecule has 0 bridgehead atoms. The van der Waals surface area contributed by atoms with Crippen LogP contribution < -0.4 is 186 Å². The second-order valence-electron chi connectivity index (χ2n) is 14.8. The Morgan fingerprint density at radius 3 is 1.72 bits per heavy atom. The maximum absolute atomic E-state index is 12.7. The van der Waals surface area contributed by atoms with E-state index in [4.69, 9.17) is 5.73 Å². The van der Waals surface area contributed by atoms with Gasteiger partial charge in [-0.1, -0.05) is 24.8 Å². The van der Waals surface area contributed by atoms with Crippen LogP contribution in [-0.2, 0) is 74.7 Å². The van der Waals surface area contributed by atoms with Crippen LogP contribution in [0.4, 0.5) is 51.7 Å². The Labute approximate surface area is 592 Å². The summed E-state index contributed by atoms with van der Waals surface area (Å²) in [6.45, 7) is 1.71.